The molecule has 0 spiro atoms. The molecule has 0 amide bonds. The van der Waals surface area contributed by atoms with Gasteiger partial charge in [0.1, 0.15) is 0 Å². The van der Waals surface area contributed by atoms with Crippen LogP contribution in [0.5, 0.6) is 0 Å². The first kappa shape index (κ1) is 10.8. The fraction of sp³-hybridized carbons (Fsp3) is 0.357. The molecule has 0 aliphatic carbocycles. The molecule has 1 aromatic heterocycles. The van der Waals surface area contributed by atoms with Crippen molar-refractivity contribution in [3.63, 3.8) is 0 Å². The molecular formula is C14H15N2S. The highest BCUT2D eigenvalue weighted by Crippen LogP contribution is 2.26. The molecule has 1 fully saturated rings. The number of hydrogen-bond acceptors (Lipinski definition) is 3. The van der Waals surface area contributed by atoms with Crippen molar-refractivity contribution < 1.29 is 0 Å². The summed E-state index contributed by atoms with van der Waals surface area (Å²) in [5, 5.41) is 2.05. The maximum Gasteiger partial charge on any atom is 0.152 e. The van der Waals surface area contributed by atoms with Crippen LogP contribution in [0, 0.1) is 5.51 Å². The van der Waals surface area contributed by atoms with Crippen molar-refractivity contribution in [3.8, 4) is 11.3 Å². The summed E-state index contributed by atoms with van der Waals surface area (Å²) in [5.74, 6) is 0. The first-order chi connectivity index (χ1) is 8.43. The normalized spacial score (nSPS) is 16.1. The summed E-state index contributed by atoms with van der Waals surface area (Å²) in [6, 6.07) is 8.69. The molecule has 0 saturated carbocycles. The fourth-order valence-corrected chi connectivity index (χ4v) is 2.83. The van der Waals surface area contributed by atoms with E-state index in [1.807, 2.05) is 0 Å². The minimum atomic E-state index is 1.04. The maximum atomic E-state index is 4.25. The van der Waals surface area contributed by atoms with Crippen LogP contribution in [0.15, 0.2) is 29.6 Å². The summed E-state index contributed by atoms with van der Waals surface area (Å²) in [6.45, 7) is 2.37. The minimum absolute atomic E-state index is 1.04. The first-order valence-electron chi connectivity index (χ1n) is 6.10. The van der Waals surface area contributed by atoms with Gasteiger partial charge in [-0.3, -0.25) is 0 Å². The van der Waals surface area contributed by atoms with E-state index in [9.17, 15) is 0 Å². The molecule has 1 aliphatic rings. The number of piperidine rings is 1. The zero-order chi connectivity index (χ0) is 11.5. The molecule has 1 aliphatic heterocycles. The Morgan fingerprint density at radius 1 is 1.18 bits per heavy atom. The summed E-state index contributed by atoms with van der Waals surface area (Å²) in [7, 11) is 0. The lowest BCUT2D eigenvalue weighted by molar-refractivity contribution is 0.578. The van der Waals surface area contributed by atoms with Crippen LogP contribution in [0.2, 0.25) is 0 Å². The Morgan fingerprint density at radius 3 is 2.82 bits per heavy atom. The van der Waals surface area contributed by atoms with Gasteiger partial charge in [0.05, 0.1) is 5.69 Å². The van der Waals surface area contributed by atoms with Gasteiger partial charge in [-0.1, -0.05) is 12.1 Å². The van der Waals surface area contributed by atoms with Crippen LogP contribution >= 0.6 is 11.3 Å². The SMILES string of the molecule is [c]1nc(-c2cccc(N3CCCCC3)c2)cs1. The molecular weight excluding hydrogens is 228 g/mol. The van der Waals surface area contributed by atoms with E-state index in [2.05, 4.69) is 45.0 Å². The predicted molar refractivity (Wildman–Crippen MR) is 72.5 cm³/mol. The maximum absolute atomic E-state index is 4.25. The number of anilines is 1. The quantitative estimate of drug-likeness (QED) is 0.801. The molecule has 0 bridgehead atoms. The van der Waals surface area contributed by atoms with Gasteiger partial charge in [0.15, 0.2) is 5.51 Å². The first-order valence-corrected chi connectivity index (χ1v) is 6.98. The molecule has 0 N–H and O–H groups in total. The van der Waals surface area contributed by atoms with Gasteiger partial charge in [-0.15, -0.1) is 11.3 Å². The van der Waals surface area contributed by atoms with Crippen LogP contribution in [-0.4, -0.2) is 18.1 Å². The van der Waals surface area contributed by atoms with E-state index in [1.54, 1.807) is 0 Å². The third-order valence-corrected chi connectivity index (χ3v) is 3.79. The highest BCUT2D eigenvalue weighted by Gasteiger charge is 2.11. The molecule has 3 rings (SSSR count). The van der Waals surface area contributed by atoms with Crippen LogP contribution in [0.3, 0.4) is 0 Å². The molecule has 17 heavy (non-hydrogen) atoms. The third kappa shape index (κ3) is 2.34. The summed E-state index contributed by atoms with van der Waals surface area (Å²) in [6.07, 6.45) is 4.00. The average Bonchev–Trinajstić information content (AvgIpc) is 2.94. The number of rotatable bonds is 2. The Bertz CT molecular complexity index is 473. The van der Waals surface area contributed by atoms with Gasteiger partial charge in [0, 0.05) is 29.7 Å². The molecule has 1 aromatic carbocycles. The Kier molecular flexibility index (Phi) is 3.10. The Labute approximate surface area is 106 Å². The van der Waals surface area contributed by atoms with Crippen molar-refractivity contribution in [1.29, 1.82) is 0 Å². The van der Waals surface area contributed by atoms with E-state index in [1.165, 1.54) is 54.9 Å². The monoisotopic (exact) mass is 243 g/mol. The second kappa shape index (κ2) is 4.88. The molecule has 2 aromatic rings. The number of aromatic nitrogens is 1. The van der Waals surface area contributed by atoms with Crippen molar-refractivity contribution >= 4 is 17.0 Å². The van der Waals surface area contributed by atoms with Crippen molar-refractivity contribution in [2.75, 3.05) is 18.0 Å². The van der Waals surface area contributed by atoms with E-state index in [4.69, 9.17) is 0 Å². The van der Waals surface area contributed by atoms with E-state index in [0.29, 0.717) is 0 Å². The Hall–Kier alpha value is -1.35. The van der Waals surface area contributed by atoms with E-state index in [0.717, 1.165) is 5.69 Å². The van der Waals surface area contributed by atoms with Gasteiger partial charge in [-0.2, -0.15) is 0 Å². The zero-order valence-electron chi connectivity index (χ0n) is 9.72. The third-order valence-electron chi connectivity index (χ3n) is 3.25. The van der Waals surface area contributed by atoms with Crippen molar-refractivity contribution in [2.24, 2.45) is 0 Å². The number of nitrogens with zero attached hydrogens (tertiary/aromatic N) is 2. The summed E-state index contributed by atoms with van der Waals surface area (Å²) < 4.78 is 0. The Balaban J connectivity index is 1.88. The lowest BCUT2D eigenvalue weighted by atomic mass is 10.1. The molecule has 0 atom stereocenters. The van der Waals surface area contributed by atoms with Gasteiger partial charge in [0.25, 0.3) is 0 Å². The largest absolute Gasteiger partial charge is 0.372 e. The van der Waals surface area contributed by atoms with Crippen LogP contribution in [-0.2, 0) is 0 Å². The second-order valence-electron chi connectivity index (χ2n) is 4.42. The highest BCUT2D eigenvalue weighted by atomic mass is 32.1. The van der Waals surface area contributed by atoms with Crippen LogP contribution in [0.4, 0.5) is 5.69 Å². The highest BCUT2D eigenvalue weighted by molar-refractivity contribution is 7.07. The second-order valence-corrected chi connectivity index (χ2v) is 5.08. The van der Waals surface area contributed by atoms with E-state index >= 15 is 0 Å². The molecule has 1 saturated heterocycles. The lowest BCUT2D eigenvalue weighted by Gasteiger charge is -2.29. The molecule has 1 radical (unpaired) electrons. The van der Waals surface area contributed by atoms with E-state index < -0.39 is 0 Å². The van der Waals surface area contributed by atoms with Crippen LogP contribution < -0.4 is 4.90 Å². The van der Waals surface area contributed by atoms with Crippen molar-refractivity contribution in [2.45, 2.75) is 19.3 Å². The van der Waals surface area contributed by atoms with Gasteiger partial charge in [0.2, 0.25) is 0 Å². The van der Waals surface area contributed by atoms with Gasteiger partial charge in [-0.05, 0) is 31.4 Å². The number of thiazole rings is 1. The van der Waals surface area contributed by atoms with Gasteiger partial charge in [-0.25, -0.2) is 4.98 Å². The average molecular weight is 243 g/mol. The molecule has 3 heteroatoms. The van der Waals surface area contributed by atoms with Gasteiger partial charge < -0.3 is 4.90 Å². The summed E-state index contributed by atoms with van der Waals surface area (Å²) >= 11 is 1.53. The van der Waals surface area contributed by atoms with E-state index in [-0.39, 0.29) is 0 Å². The molecule has 2 nitrogen and oxygen atoms in total. The van der Waals surface area contributed by atoms with Gasteiger partial charge >= 0.3 is 0 Å². The Morgan fingerprint density at radius 2 is 2.06 bits per heavy atom. The standard InChI is InChI=1S/C14H15N2S/c1-2-7-16(8-3-1)13-6-4-5-12(9-13)14-10-17-11-15-14/h4-6,9-10H,1-3,7-8H2. The van der Waals surface area contributed by atoms with Crippen molar-refractivity contribution in [1.82, 2.24) is 4.98 Å². The number of benzene rings is 1. The van der Waals surface area contributed by atoms with Crippen molar-refractivity contribution in [3.05, 3.63) is 35.2 Å². The summed E-state index contributed by atoms with van der Waals surface area (Å²) in [5.41, 5.74) is 6.47. The molecule has 87 valence electrons. The predicted octanol–water partition coefficient (Wildman–Crippen LogP) is 3.60. The smallest absolute Gasteiger partial charge is 0.152 e. The topological polar surface area (TPSA) is 16.1 Å². The lowest BCUT2D eigenvalue weighted by Crippen LogP contribution is -2.29. The van der Waals surface area contributed by atoms with Crippen LogP contribution in [0.25, 0.3) is 11.3 Å². The minimum Gasteiger partial charge on any atom is -0.372 e. The fourth-order valence-electron chi connectivity index (χ4n) is 2.33. The molecule has 2 heterocycles. The summed E-state index contributed by atoms with van der Waals surface area (Å²) in [4.78, 5) is 6.72. The zero-order valence-corrected chi connectivity index (χ0v) is 10.5. The number of hydrogen-bond donors (Lipinski definition) is 0. The molecule has 0 unspecified atom stereocenters. The van der Waals surface area contributed by atoms with Crippen LogP contribution in [0.1, 0.15) is 19.3 Å².